The zero-order valence-corrected chi connectivity index (χ0v) is 16.1. The summed E-state index contributed by atoms with van der Waals surface area (Å²) in [4.78, 5) is 15.7. The van der Waals surface area contributed by atoms with E-state index < -0.39 is 0 Å². The molecule has 1 amide bonds. The molecule has 0 N–H and O–H groups in total. The normalized spacial score (nSPS) is 21.2. The largest absolute Gasteiger partial charge is 0.341 e. The van der Waals surface area contributed by atoms with Gasteiger partial charge >= 0.3 is 0 Å². The molecular weight excluding hydrogens is 340 g/mol. The van der Waals surface area contributed by atoms with Crippen molar-refractivity contribution in [3.8, 4) is 10.7 Å². The van der Waals surface area contributed by atoms with E-state index in [1.54, 1.807) is 11.3 Å². The lowest BCUT2D eigenvalue weighted by atomic mass is 9.92. The van der Waals surface area contributed by atoms with Gasteiger partial charge in [-0.3, -0.25) is 4.79 Å². The molecule has 2 atom stereocenters. The average molecular weight is 365 g/mol. The molecule has 24 heavy (non-hydrogen) atoms. The third-order valence-electron chi connectivity index (χ3n) is 4.32. The van der Waals surface area contributed by atoms with Crippen LogP contribution < -0.4 is 0 Å². The highest BCUT2D eigenvalue weighted by atomic mass is 32.2. The maximum Gasteiger partial charge on any atom is 0.233 e. The van der Waals surface area contributed by atoms with E-state index in [0.717, 1.165) is 35.5 Å². The quantitative estimate of drug-likeness (QED) is 0.760. The van der Waals surface area contributed by atoms with Crippen LogP contribution in [-0.2, 0) is 11.3 Å². The number of rotatable bonds is 5. The second-order valence-corrected chi connectivity index (χ2v) is 8.45. The molecule has 2 aromatic heterocycles. The standard InChI is InChI=1S/C17H24N4OS2/c1-4-21-16(14-6-5-7-23-14)18-19-17(21)24-11-15(22)20-9-12(2)8-13(3)10-20/h5-7,12-13H,4,8-11H2,1-3H3/t12-,13-/m1/s1. The lowest BCUT2D eigenvalue weighted by Crippen LogP contribution is -2.43. The third-order valence-corrected chi connectivity index (χ3v) is 6.14. The van der Waals surface area contributed by atoms with Gasteiger partial charge in [-0.2, -0.15) is 0 Å². The number of thioether (sulfide) groups is 1. The Kier molecular flexibility index (Phi) is 5.61. The molecule has 5 nitrogen and oxygen atoms in total. The first kappa shape index (κ1) is 17.5. The molecule has 0 unspecified atom stereocenters. The van der Waals surface area contributed by atoms with Gasteiger partial charge < -0.3 is 9.47 Å². The van der Waals surface area contributed by atoms with Crippen LogP contribution in [0.1, 0.15) is 27.2 Å². The summed E-state index contributed by atoms with van der Waals surface area (Å²) in [7, 11) is 0. The van der Waals surface area contributed by atoms with Gasteiger partial charge in [-0.1, -0.05) is 31.7 Å². The van der Waals surface area contributed by atoms with Crippen molar-refractivity contribution in [3.05, 3.63) is 17.5 Å². The molecule has 0 spiro atoms. The van der Waals surface area contributed by atoms with Crippen LogP contribution in [0.4, 0.5) is 0 Å². The van der Waals surface area contributed by atoms with Crippen molar-refractivity contribution < 1.29 is 4.79 Å². The lowest BCUT2D eigenvalue weighted by Gasteiger charge is -2.34. The molecule has 3 heterocycles. The van der Waals surface area contributed by atoms with Gasteiger partial charge in [-0.25, -0.2) is 0 Å². The van der Waals surface area contributed by atoms with Crippen LogP contribution in [0, 0.1) is 11.8 Å². The van der Waals surface area contributed by atoms with Gasteiger partial charge in [0.2, 0.25) is 5.91 Å². The molecule has 0 bridgehead atoms. The van der Waals surface area contributed by atoms with Crippen LogP contribution >= 0.6 is 23.1 Å². The fraction of sp³-hybridized carbons (Fsp3) is 0.588. The maximum atomic E-state index is 12.5. The molecule has 1 aliphatic heterocycles. The van der Waals surface area contributed by atoms with Crippen LogP contribution in [0.2, 0.25) is 0 Å². The summed E-state index contributed by atoms with van der Waals surface area (Å²) in [5.41, 5.74) is 0. The molecule has 2 aromatic rings. The summed E-state index contributed by atoms with van der Waals surface area (Å²) < 4.78 is 2.09. The minimum absolute atomic E-state index is 0.210. The summed E-state index contributed by atoms with van der Waals surface area (Å²) in [5.74, 6) is 2.71. The first-order chi connectivity index (χ1) is 11.6. The van der Waals surface area contributed by atoms with Crippen LogP contribution in [0.25, 0.3) is 10.7 Å². The smallest absolute Gasteiger partial charge is 0.233 e. The van der Waals surface area contributed by atoms with E-state index in [4.69, 9.17) is 0 Å². The van der Waals surface area contributed by atoms with Crippen molar-refractivity contribution >= 4 is 29.0 Å². The van der Waals surface area contributed by atoms with Crippen molar-refractivity contribution in [2.45, 2.75) is 38.9 Å². The Bertz CT molecular complexity index is 673. The minimum atomic E-state index is 0.210. The van der Waals surface area contributed by atoms with Gasteiger partial charge in [-0.15, -0.1) is 21.5 Å². The van der Waals surface area contributed by atoms with Gasteiger partial charge in [0.05, 0.1) is 10.6 Å². The number of piperidine rings is 1. The van der Waals surface area contributed by atoms with Crippen LogP contribution in [-0.4, -0.2) is 44.4 Å². The Balaban J connectivity index is 1.65. The topological polar surface area (TPSA) is 51.0 Å². The van der Waals surface area contributed by atoms with Gasteiger partial charge in [-0.05, 0) is 36.6 Å². The highest BCUT2D eigenvalue weighted by molar-refractivity contribution is 7.99. The minimum Gasteiger partial charge on any atom is -0.341 e. The Hall–Kier alpha value is -1.34. The summed E-state index contributed by atoms with van der Waals surface area (Å²) >= 11 is 3.16. The molecule has 1 saturated heterocycles. The lowest BCUT2D eigenvalue weighted by molar-refractivity contribution is -0.130. The summed E-state index contributed by atoms with van der Waals surface area (Å²) in [6.07, 6.45) is 1.21. The second-order valence-electron chi connectivity index (χ2n) is 6.56. The SMILES string of the molecule is CCn1c(SCC(=O)N2C[C@H](C)C[C@@H](C)C2)nnc1-c1cccs1. The molecule has 0 aliphatic carbocycles. The van der Waals surface area contributed by atoms with Crippen LogP contribution in [0.3, 0.4) is 0 Å². The van der Waals surface area contributed by atoms with E-state index in [2.05, 4.69) is 41.6 Å². The highest BCUT2D eigenvalue weighted by Gasteiger charge is 2.25. The highest BCUT2D eigenvalue weighted by Crippen LogP contribution is 2.28. The van der Waals surface area contributed by atoms with Crippen molar-refractivity contribution in [2.24, 2.45) is 11.8 Å². The third kappa shape index (κ3) is 3.83. The van der Waals surface area contributed by atoms with E-state index in [-0.39, 0.29) is 5.91 Å². The van der Waals surface area contributed by atoms with Crippen molar-refractivity contribution in [1.29, 1.82) is 0 Å². The number of hydrogen-bond donors (Lipinski definition) is 0. The Labute approximate surface area is 151 Å². The van der Waals surface area contributed by atoms with Crippen molar-refractivity contribution in [1.82, 2.24) is 19.7 Å². The first-order valence-electron chi connectivity index (χ1n) is 8.46. The maximum absolute atomic E-state index is 12.5. The fourth-order valence-electron chi connectivity index (χ4n) is 3.35. The zero-order valence-electron chi connectivity index (χ0n) is 14.4. The van der Waals surface area contributed by atoms with Crippen LogP contribution in [0.15, 0.2) is 22.7 Å². The van der Waals surface area contributed by atoms with Crippen LogP contribution in [0.5, 0.6) is 0 Å². The number of likely N-dealkylation sites (tertiary alicyclic amines) is 1. The Morgan fingerprint density at radius 3 is 2.71 bits per heavy atom. The van der Waals surface area contributed by atoms with Gasteiger partial charge in [0.15, 0.2) is 11.0 Å². The van der Waals surface area contributed by atoms with E-state index in [9.17, 15) is 4.79 Å². The number of nitrogens with zero attached hydrogens (tertiary/aromatic N) is 4. The van der Waals surface area contributed by atoms with E-state index in [0.29, 0.717) is 17.6 Å². The van der Waals surface area contributed by atoms with E-state index in [1.807, 2.05) is 16.3 Å². The molecule has 0 aromatic carbocycles. The molecule has 130 valence electrons. The second kappa shape index (κ2) is 7.70. The predicted molar refractivity (Wildman–Crippen MR) is 99.3 cm³/mol. The number of carbonyl (C=O) groups excluding carboxylic acids is 1. The predicted octanol–water partition coefficient (Wildman–Crippen LogP) is 3.62. The molecule has 1 aliphatic rings. The van der Waals surface area contributed by atoms with E-state index in [1.165, 1.54) is 18.2 Å². The van der Waals surface area contributed by atoms with Gasteiger partial charge in [0.1, 0.15) is 0 Å². The molecule has 3 rings (SSSR count). The molecular formula is C17H24N4OS2. The monoisotopic (exact) mass is 364 g/mol. The number of hydrogen-bond acceptors (Lipinski definition) is 5. The zero-order chi connectivity index (χ0) is 17.1. The van der Waals surface area contributed by atoms with Gasteiger partial charge in [0, 0.05) is 19.6 Å². The summed E-state index contributed by atoms with van der Waals surface area (Å²) in [5, 5.41) is 11.5. The molecule has 0 saturated carbocycles. The average Bonchev–Trinajstić information content (AvgIpc) is 3.20. The molecule has 0 radical (unpaired) electrons. The number of carbonyl (C=O) groups is 1. The van der Waals surface area contributed by atoms with Gasteiger partial charge in [0.25, 0.3) is 0 Å². The summed E-state index contributed by atoms with van der Waals surface area (Å²) in [6, 6.07) is 4.07. The Morgan fingerprint density at radius 2 is 2.08 bits per heavy atom. The number of thiophene rings is 1. The number of amides is 1. The van der Waals surface area contributed by atoms with E-state index >= 15 is 0 Å². The Morgan fingerprint density at radius 1 is 1.33 bits per heavy atom. The number of aromatic nitrogens is 3. The summed E-state index contributed by atoms with van der Waals surface area (Å²) in [6.45, 7) is 9.10. The van der Waals surface area contributed by atoms with Crippen molar-refractivity contribution in [3.63, 3.8) is 0 Å². The molecule has 1 fully saturated rings. The van der Waals surface area contributed by atoms with Crippen molar-refractivity contribution in [2.75, 3.05) is 18.8 Å². The first-order valence-corrected chi connectivity index (χ1v) is 10.3. The molecule has 7 heteroatoms. The fourth-order valence-corrected chi connectivity index (χ4v) is 4.98.